The van der Waals surface area contributed by atoms with Gasteiger partial charge in [0, 0.05) is 6.42 Å². The maximum absolute atomic E-state index is 12.5. The van der Waals surface area contributed by atoms with Gasteiger partial charge in [0.05, 0.1) is 31.0 Å². The molecule has 0 heterocycles. The number of carbonyl (C=O) groups excluding carboxylic acids is 2. The number of ether oxygens (including phenoxy) is 1. The molecule has 0 spiro atoms. The van der Waals surface area contributed by atoms with Crippen LogP contribution in [0.4, 0.5) is 0 Å². The maximum Gasteiger partial charge on any atom is 0.316 e. The summed E-state index contributed by atoms with van der Waals surface area (Å²) < 4.78 is 4.82. The molecule has 0 unspecified atom stereocenters. The molecule has 0 aromatic heterocycles. The highest BCUT2D eigenvalue weighted by Crippen LogP contribution is 2.43. The number of hydrogen-bond acceptors (Lipinski definition) is 6. The molecule has 0 saturated carbocycles. The molecule has 6 heteroatoms. The van der Waals surface area contributed by atoms with Crippen molar-refractivity contribution in [3.63, 3.8) is 0 Å². The highest BCUT2D eigenvalue weighted by atomic mass is 16.5. The van der Waals surface area contributed by atoms with Gasteiger partial charge in [0.2, 0.25) is 0 Å². The van der Waals surface area contributed by atoms with Gasteiger partial charge in [-0.15, -0.1) is 0 Å². The third-order valence-electron chi connectivity index (χ3n) is 4.44. The van der Waals surface area contributed by atoms with Crippen molar-refractivity contribution < 1.29 is 24.5 Å². The van der Waals surface area contributed by atoms with E-state index < -0.39 is 17.3 Å². The Balaban J connectivity index is 3.51. The van der Waals surface area contributed by atoms with E-state index in [1.54, 1.807) is 0 Å². The number of methoxy groups -OCH3 is 1. The van der Waals surface area contributed by atoms with Gasteiger partial charge in [-0.3, -0.25) is 14.6 Å². The predicted octanol–water partition coefficient (Wildman–Crippen LogP) is 2.60. The van der Waals surface area contributed by atoms with Crippen LogP contribution in [0.2, 0.25) is 0 Å². The molecule has 0 saturated heterocycles. The second-order valence-electron chi connectivity index (χ2n) is 6.88. The third-order valence-corrected chi connectivity index (χ3v) is 4.44. The van der Waals surface area contributed by atoms with E-state index in [0.29, 0.717) is 25.0 Å². The number of aliphatic hydroxyl groups excluding tert-OH is 2. The summed E-state index contributed by atoms with van der Waals surface area (Å²) in [5.41, 5.74) is -0.0461. The Morgan fingerprint density at radius 1 is 1.38 bits per heavy atom. The number of aliphatic imine (C=N–C) groups is 1. The second-order valence-corrected chi connectivity index (χ2v) is 6.88. The zero-order valence-electron chi connectivity index (χ0n) is 15.3. The molecule has 136 valence electrons. The van der Waals surface area contributed by atoms with Crippen molar-refractivity contribution in [2.75, 3.05) is 13.7 Å². The average molecular weight is 339 g/mol. The molecule has 0 amide bonds. The zero-order chi connectivity index (χ0) is 18.5. The van der Waals surface area contributed by atoms with Gasteiger partial charge in [0.15, 0.2) is 5.78 Å². The third kappa shape index (κ3) is 4.23. The zero-order valence-corrected chi connectivity index (χ0v) is 15.3. The lowest BCUT2D eigenvalue weighted by atomic mass is 9.67. The van der Waals surface area contributed by atoms with Crippen LogP contribution >= 0.6 is 0 Å². The van der Waals surface area contributed by atoms with Crippen LogP contribution in [-0.2, 0) is 14.3 Å². The van der Waals surface area contributed by atoms with E-state index in [1.807, 2.05) is 27.7 Å². The minimum atomic E-state index is -0.897. The van der Waals surface area contributed by atoms with Crippen LogP contribution in [-0.4, -0.2) is 47.4 Å². The summed E-state index contributed by atoms with van der Waals surface area (Å²) in [6.07, 6.45) is 1.88. The van der Waals surface area contributed by atoms with Crippen LogP contribution in [0.1, 0.15) is 53.4 Å². The first-order valence-electron chi connectivity index (χ1n) is 8.45. The largest absolute Gasteiger partial charge is 0.511 e. The Morgan fingerprint density at radius 2 is 2.00 bits per heavy atom. The Labute approximate surface area is 143 Å². The first-order chi connectivity index (χ1) is 11.2. The van der Waals surface area contributed by atoms with E-state index >= 15 is 0 Å². The highest BCUT2D eigenvalue weighted by molar-refractivity contribution is 6.24. The first kappa shape index (κ1) is 20.4. The van der Waals surface area contributed by atoms with Crippen molar-refractivity contribution in [2.45, 2.75) is 59.4 Å². The maximum atomic E-state index is 12.5. The summed E-state index contributed by atoms with van der Waals surface area (Å²) in [5.74, 6) is -1.95. The quantitative estimate of drug-likeness (QED) is 0.695. The Morgan fingerprint density at radius 3 is 2.46 bits per heavy atom. The van der Waals surface area contributed by atoms with Crippen LogP contribution in [0.5, 0.6) is 0 Å². The van der Waals surface area contributed by atoms with Gasteiger partial charge in [-0.2, -0.15) is 0 Å². The van der Waals surface area contributed by atoms with Gasteiger partial charge in [0.1, 0.15) is 11.7 Å². The average Bonchev–Trinajstić information content (AvgIpc) is 2.51. The van der Waals surface area contributed by atoms with Gasteiger partial charge in [0.25, 0.3) is 0 Å². The number of aliphatic hydroxyl groups is 2. The minimum Gasteiger partial charge on any atom is -0.511 e. The number of ketones is 1. The molecule has 1 rings (SSSR count). The molecule has 2 N–H and O–H groups in total. The lowest BCUT2D eigenvalue weighted by molar-refractivity contribution is -0.149. The lowest BCUT2D eigenvalue weighted by Crippen LogP contribution is -2.42. The minimum absolute atomic E-state index is 0.124. The van der Waals surface area contributed by atoms with E-state index in [9.17, 15) is 19.8 Å². The first-order valence-corrected chi connectivity index (χ1v) is 8.45. The van der Waals surface area contributed by atoms with Gasteiger partial charge in [-0.25, -0.2) is 0 Å². The van der Waals surface area contributed by atoms with E-state index in [2.05, 4.69) is 4.99 Å². The fraction of sp³-hybridized carbons (Fsp3) is 0.722. The lowest BCUT2D eigenvalue weighted by Gasteiger charge is -2.38. The smallest absolute Gasteiger partial charge is 0.316 e. The van der Waals surface area contributed by atoms with Crippen LogP contribution < -0.4 is 0 Å². The van der Waals surface area contributed by atoms with Gasteiger partial charge in [-0.1, -0.05) is 27.7 Å². The molecule has 0 bridgehead atoms. The summed E-state index contributed by atoms with van der Waals surface area (Å²) in [6.45, 7) is 7.31. The normalized spacial score (nSPS) is 23.2. The van der Waals surface area contributed by atoms with Crippen molar-refractivity contribution in [3.05, 3.63) is 11.3 Å². The molecular formula is C18H29NO5. The van der Waals surface area contributed by atoms with Gasteiger partial charge >= 0.3 is 5.97 Å². The number of rotatable bonds is 7. The summed E-state index contributed by atoms with van der Waals surface area (Å²) in [5, 5.41) is 20.1. The number of allylic oxidation sites excluding steroid dienone is 1. The van der Waals surface area contributed by atoms with Crippen LogP contribution in [0.15, 0.2) is 16.3 Å². The SMILES string of the molecule is CCCC(=O)C1=C(O)[C@H](C(=O)OC)C(C)(C)CC1=N[C@@H](CC)CO. The molecule has 0 aliphatic heterocycles. The van der Waals surface area contributed by atoms with Crippen molar-refractivity contribution in [1.82, 2.24) is 0 Å². The van der Waals surface area contributed by atoms with Crippen LogP contribution in [0.3, 0.4) is 0 Å². The number of esters is 1. The second kappa shape index (κ2) is 8.42. The summed E-state index contributed by atoms with van der Waals surface area (Å²) >= 11 is 0. The van der Waals surface area contributed by atoms with Crippen molar-refractivity contribution in [2.24, 2.45) is 16.3 Å². The summed E-state index contributed by atoms with van der Waals surface area (Å²) in [7, 11) is 1.27. The standard InChI is InChI=1S/C18H29NO5/c1-6-8-13(21)14-12(19-11(7-2)10-20)9-18(3,4)15(16(14)22)17(23)24-5/h11,15,20,22H,6-10H2,1-5H3/t11-,15+/m0/s1. The summed E-state index contributed by atoms with van der Waals surface area (Å²) in [6, 6.07) is -0.331. The summed E-state index contributed by atoms with van der Waals surface area (Å²) in [4.78, 5) is 29.2. The van der Waals surface area contributed by atoms with Crippen molar-refractivity contribution in [1.29, 1.82) is 0 Å². The molecule has 0 aromatic carbocycles. The van der Waals surface area contributed by atoms with Crippen LogP contribution in [0.25, 0.3) is 0 Å². The molecule has 0 radical (unpaired) electrons. The fourth-order valence-electron chi connectivity index (χ4n) is 3.08. The molecule has 6 nitrogen and oxygen atoms in total. The number of Topliss-reactive ketones (excluding diaryl/α,β-unsaturated/α-hetero) is 1. The highest BCUT2D eigenvalue weighted by Gasteiger charge is 2.47. The predicted molar refractivity (Wildman–Crippen MR) is 92.1 cm³/mol. The molecular weight excluding hydrogens is 310 g/mol. The number of nitrogens with zero attached hydrogens (tertiary/aromatic N) is 1. The number of hydrogen-bond donors (Lipinski definition) is 2. The molecule has 0 fully saturated rings. The van der Waals surface area contributed by atoms with Crippen LogP contribution in [0, 0.1) is 11.3 Å². The Kier molecular flexibility index (Phi) is 7.14. The Bertz CT molecular complexity index is 544. The van der Waals surface area contributed by atoms with E-state index in [-0.39, 0.29) is 36.2 Å². The molecule has 1 aliphatic rings. The molecule has 24 heavy (non-hydrogen) atoms. The number of carbonyl (C=O) groups is 2. The van der Waals surface area contributed by atoms with Crippen molar-refractivity contribution in [3.8, 4) is 0 Å². The van der Waals surface area contributed by atoms with Crippen molar-refractivity contribution >= 4 is 17.5 Å². The van der Waals surface area contributed by atoms with E-state index in [4.69, 9.17) is 4.74 Å². The topological polar surface area (TPSA) is 96.2 Å². The molecule has 2 atom stereocenters. The van der Waals surface area contributed by atoms with Gasteiger partial charge in [-0.05, 0) is 24.7 Å². The molecule has 1 aliphatic carbocycles. The fourth-order valence-corrected chi connectivity index (χ4v) is 3.08. The monoisotopic (exact) mass is 339 g/mol. The van der Waals surface area contributed by atoms with Gasteiger partial charge < -0.3 is 14.9 Å². The van der Waals surface area contributed by atoms with E-state index in [1.165, 1.54) is 7.11 Å². The van der Waals surface area contributed by atoms with E-state index in [0.717, 1.165) is 0 Å². The Hall–Kier alpha value is -1.69. The molecule has 0 aromatic rings.